The van der Waals surface area contributed by atoms with Gasteiger partial charge in [0.2, 0.25) is 5.92 Å². The van der Waals surface area contributed by atoms with Crippen LogP contribution in [0, 0.1) is 0 Å². The first kappa shape index (κ1) is 15.7. The maximum Gasteiger partial charge on any atom is 0.339 e. The predicted octanol–water partition coefficient (Wildman–Crippen LogP) is 4.47. The number of benzene rings is 1. The molecule has 0 saturated heterocycles. The van der Waals surface area contributed by atoms with Gasteiger partial charge in [0, 0.05) is 12.8 Å². The molecule has 0 amide bonds. The minimum atomic E-state index is -2.61. The second-order valence-corrected chi connectivity index (χ2v) is 5.50. The highest BCUT2D eigenvalue weighted by atomic mass is 19.3. The van der Waals surface area contributed by atoms with Gasteiger partial charge in [-0.15, -0.1) is 0 Å². The molecule has 0 heterocycles. The van der Waals surface area contributed by atoms with Crippen LogP contribution < -0.4 is 4.74 Å². The average molecular weight is 298 g/mol. The van der Waals surface area contributed by atoms with Gasteiger partial charge in [-0.05, 0) is 36.8 Å². The van der Waals surface area contributed by atoms with Crippen molar-refractivity contribution in [2.75, 3.05) is 6.61 Å². The molecule has 21 heavy (non-hydrogen) atoms. The summed E-state index contributed by atoms with van der Waals surface area (Å²) < 4.78 is 32.0. The molecule has 1 fully saturated rings. The zero-order chi connectivity index (χ0) is 15.5. The van der Waals surface area contributed by atoms with Crippen molar-refractivity contribution in [2.24, 2.45) is 0 Å². The zero-order valence-electron chi connectivity index (χ0n) is 12.1. The first-order valence-corrected chi connectivity index (χ1v) is 7.31. The van der Waals surface area contributed by atoms with Crippen LogP contribution in [0.4, 0.5) is 8.78 Å². The van der Waals surface area contributed by atoms with Crippen LogP contribution >= 0.6 is 0 Å². The number of alkyl halides is 2. The number of ether oxygens (including phenoxy) is 1. The molecule has 1 N–H and O–H groups in total. The van der Waals surface area contributed by atoms with Crippen LogP contribution in [0.1, 0.15) is 60.9 Å². The van der Waals surface area contributed by atoms with E-state index < -0.39 is 11.9 Å². The monoisotopic (exact) mass is 298 g/mol. The third-order valence-corrected chi connectivity index (χ3v) is 3.89. The molecule has 0 spiro atoms. The van der Waals surface area contributed by atoms with Gasteiger partial charge in [-0.25, -0.2) is 13.6 Å². The van der Waals surface area contributed by atoms with E-state index in [2.05, 4.69) is 0 Å². The molecule has 1 aromatic rings. The lowest BCUT2D eigenvalue weighted by Gasteiger charge is -2.29. The third-order valence-electron chi connectivity index (χ3n) is 3.89. The summed E-state index contributed by atoms with van der Waals surface area (Å²) in [6.45, 7) is 2.37. The highest BCUT2D eigenvalue weighted by molar-refractivity contribution is 5.93. The summed E-state index contributed by atoms with van der Waals surface area (Å²) >= 11 is 0. The maximum absolute atomic E-state index is 13.3. The van der Waals surface area contributed by atoms with E-state index in [1.165, 1.54) is 0 Å². The number of rotatable bonds is 5. The van der Waals surface area contributed by atoms with Crippen molar-refractivity contribution in [3.8, 4) is 5.75 Å². The van der Waals surface area contributed by atoms with Gasteiger partial charge in [0.15, 0.2) is 0 Å². The molecule has 0 aliphatic heterocycles. The van der Waals surface area contributed by atoms with Gasteiger partial charge in [-0.2, -0.15) is 0 Å². The Labute approximate surface area is 122 Å². The van der Waals surface area contributed by atoms with Crippen molar-refractivity contribution in [2.45, 2.75) is 50.9 Å². The molecule has 3 nitrogen and oxygen atoms in total. The van der Waals surface area contributed by atoms with E-state index in [-0.39, 0.29) is 24.3 Å². The molecule has 116 valence electrons. The lowest BCUT2D eigenvalue weighted by Crippen LogP contribution is -2.24. The smallest absolute Gasteiger partial charge is 0.339 e. The van der Waals surface area contributed by atoms with Crippen molar-refractivity contribution in [1.29, 1.82) is 0 Å². The van der Waals surface area contributed by atoms with Gasteiger partial charge in [-0.1, -0.05) is 19.1 Å². The van der Waals surface area contributed by atoms with Gasteiger partial charge >= 0.3 is 5.97 Å². The Morgan fingerprint density at radius 2 is 2.05 bits per heavy atom. The minimum Gasteiger partial charge on any atom is -0.493 e. The number of carboxylic acids is 1. The lowest BCUT2D eigenvalue weighted by atomic mass is 9.80. The Morgan fingerprint density at radius 1 is 1.38 bits per heavy atom. The van der Waals surface area contributed by atoms with E-state index in [9.17, 15) is 18.7 Å². The Morgan fingerprint density at radius 3 is 2.62 bits per heavy atom. The molecule has 0 unspecified atom stereocenters. The van der Waals surface area contributed by atoms with Crippen molar-refractivity contribution in [1.82, 2.24) is 0 Å². The predicted molar refractivity (Wildman–Crippen MR) is 75.3 cm³/mol. The molecule has 1 aliphatic carbocycles. The fraction of sp³-hybridized carbons (Fsp3) is 0.562. The second kappa shape index (κ2) is 6.41. The molecule has 0 radical (unpaired) electrons. The quantitative estimate of drug-likeness (QED) is 0.872. The molecule has 5 heteroatoms. The van der Waals surface area contributed by atoms with E-state index in [1.54, 1.807) is 18.2 Å². The van der Waals surface area contributed by atoms with Crippen molar-refractivity contribution in [3.63, 3.8) is 0 Å². The van der Waals surface area contributed by atoms with Crippen LogP contribution in [-0.2, 0) is 0 Å². The van der Waals surface area contributed by atoms with E-state index >= 15 is 0 Å². The number of hydrogen-bond donors (Lipinski definition) is 1. The number of hydrogen-bond acceptors (Lipinski definition) is 2. The van der Waals surface area contributed by atoms with Gasteiger partial charge in [0.05, 0.1) is 6.61 Å². The molecule has 1 saturated carbocycles. The van der Waals surface area contributed by atoms with Gasteiger partial charge in [-0.3, -0.25) is 0 Å². The number of halogens is 2. The van der Waals surface area contributed by atoms with Crippen LogP contribution in [-0.4, -0.2) is 23.6 Å². The minimum absolute atomic E-state index is 0.126. The lowest BCUT2D eigenvalue weighted by molar-refractivity contribution is -0.0382. The van der Waals surface area contributed by atoms with Crippen LogP contribution in [0.25, 0.3) is 0 Å². The van der Waals surface area contributed by atoms with Crippen LogP contribution in [0.15, 0.2) is 18.2 Å². The SMILES string of the molecule is CCCOc1cccc(C2CCC(F)(F)CC2)c1C(=O)O. The fourth-order valence-electron chi connectivity index (χ4n) is 2.80. The summed E-state index contributed by atoms with van der Waals surface area (Å²) in [7, 11) is 0. The molecule has 0 atom stereocenters. The summed E-state index contributed by atoms with van der Waals surface area (Å²) in [5, 5.41) is 9.45. The summed E-state index contributed by atoms with van der Waals surface area (Å²) in [6.07, 6.45) is 1.03. The van der Waals surface area contributed by atoms with E-state index in [0.717, 1.165) is 6.42 Å². The number of carbonyl (C=O) groups is 1. The molecule has 0 aromatic heterocycles. The Bertz CT molecular complexity index is 504. The Balaban J connectivity index is 2.28. The van der Waals surface area contributed by atoms with Gasteiger partial charge < -0.3 is 9.84 Å². The number of aromatic carboxylic acids is 1. The number of carboxylic acid groups (broad SMARTS) is 1. The largest absolute Gasteiger partial charge is 0.493 e. The van der Waals surface area contributed by atoms with Crippen molar-refractivity contribution >= 4 is 5.97 Å². The highest BCUT2D eigenvalue weighted by Gasteiger charge is 2.36. The first-order valence-electron chi connectivity index (χ1n) is 7.31. The van der Waals surface area contributed by atoms with Gasteiger partial charge in [0.1, 0.15) is 11.3 Å². The summed E-state index contributed by atoms with van der Waals surface area (Å²) in [6, 6.07) is 5.08. The van der Waals surface area contributed by atoms with Crippen LogP contribution in [0.2, 0.25) is 0 Å². The summed E-state index contributed by atoms with van der Waals surface area (Å²) in [5.41, 5.74) is 0.743. The van der Waals surface area contributed by atoms with E-state index in [1.807, 2.05) is 6.92 Å². The molecular weight excluding hydrogens is 278 g/mol. The van der Waals surface area contributed by atoms with Crippen molar-refractivity contribution < 1.29 is 23.4 Å². The molecule has 1 aliphatic rings. The fourth-order valence-corrected chi connectivity index (χ4v) is 2.80. The zero-order valence-corrected chi connectivity index (χ0v) is 12.1. The molecule has 0 bridgehead atoms. The standard InChI is InChI=1S/C16H20F2O3/c1-2-10-21-13-5-3-4-12(14(13)15(19)20)11-6-8-16(17,18)9-7-11/h3-5,11H,2,6-10H2,1H3,(H,19,20). The average Bonchev–Trinajstić information content (AvgIpc) is 2.44. The second-order valence-electron chi connectivity index (χ2n) is 5.50. The van der Waals surface area contributed by atoms with Crippen LogP contribution in [0.3, 0.4) is 0 Å². The Kier molecular flexibility index (Phi) is 4.80. The molecule has 1 aromatic carbocycles. The molecule has 2 rings (SSSR count). The topological polar surface area (TPSA) is 46.5 Å². The van der Waals surface area contributed by atoms with Crippen LogP contribution in [0.5, 0.6) is 5.75 Å². The first-order chi connectivity index (χ1) is 9.94. The summed E-state index contributed by atoms with van der Waals surface area (Å²) in [4.78, 5) is 11.5. The normalized spacial score (nSPS) is 18.4. The maximum atomic E-state index is 13.3. The summed E-state index contributed by atoms with van der Waals surface area (Å²) in [5.74, 6) is -3.48. The third kappa shape index (κ3) is 3.71. The van der Waals surface area contributed by atoms with E-state index in [0.29, 0.717) is 30.8 Å². The van der Waals surface area contributed by atoms with E-state index in [4.69, 9.17) is 4.74 Å². The van der Waals surface area contributed by atoms with Crippen molar-refractivity contribution in [3.05, 3.63) is 29.3 Å². The Hall–Kier alpha value is -1.65. The highest BCUT2D eigenvalue weighted by Crippen LogP contribution is 2.43. The molecular formula is C16H20F2O3. The van der Waals surface area contributed by atoms with Gasteiger partial charge in [0.25, 0.3) is 0 Å².